The molecule has 0 spiro atoms. The van der Waals surface area contributed by atoms with E-state index in [1.54, 1.807) is 25.1 Å². The fourth-order valence-electron chi connectivity index (χ4n) is 2.41. The second kappa shape index (κ2) is 8.09. The number of amides is 1. The minimum atomic E-state index is -0.494. The third-order valence-corrected chi connectivity index (χ3v) is 4.37. The van der Waals surface area contributed by atoms with Gasteiger partial charge in [-0.2, -0.15) is 0 Å². The fourth-order valence-corrected chi connectivity index (χ4v) is 2.54. The summed E-state index contributed by atoms with van der Waals surface area (Å²) >= 11 is 5.86. The zero-order valence-electron chi connectivity index (χ0n) is 14.3. The maximum atomic E-state index is 12.2. The molecule has 0 aliphatic carbocycles. The molecule has 0 radical (unpaired) electrons. The van der Waals surface area contributed by atoms with E-state index in [1.807, 2.05) is 26.0 Å². The molecule has 132 valence electrons. The van der Waals surface area contributed by atoms with Crippen LogP contribution in [-0.2, 0) is 4.79 Å². The number of nitro benzene ring substituents is 1. The Hall–Kier alpha value is -2.44. The average Bonchev–Trinajstić information content (AvgIpc) is 2.57. The van der Waals surface area contributed by atoms with E-state index in [4.69, 9.17) is 11.6 Å². The highest BCUT2D eigenvalue weighted by atomic mass is 35.5. The summed E-state index contributed by atoms with van der Waals surface area (Å²) in [5.41, 5.74) is 2.70. The Morgan fingerprint density at radius 2 is 1.84 bits per heavy atom. The second-order valence-corrected chi connectivity index (χ2v) is 6.30. The Bertz CT molecular complexity index is 791. The maximum Gasteiger partial charge on any atom is 0.293 e. The van der Waals surface area contributed by atoms with Gasteiger partial charge in [-0.15, -0.1) is 0 Å². The molecule has 0 unspecified atom stereocenters. The Kier molecular flexibility index (Phi) is 6.12. The number of benzene rings is 2. The van der Waals surface area contributed by atoms with Gasteiger partial charge in [0.15, 0.2) is 0 Å². The van der Waals surface area contributed by atoms with Gasteiger partial charge in [-0.05, 0) is 49.6 Å². The van der Waals surface area contributed by atoms with E-state index in [0.717, 1.165) is 11.1 Å². The lowest BCUT2D eigenvalue weighted by Crippen LogP contribution is -2.30. The van der Waals surface area contributed by atoms with Crippen molar-refractivity contribution < 1.29 is 9.72 Å². The average molecular weight is 362 g/mol. The van der Waals surface area contributed by atoms with E-state index in [-0.39, 0.29) is 29.9 Å². The van der Waals surface area contributed by atoms with E-state index in [2.05, 4.69) is 10.6 Å². The van der Waals surface area contributed by atoms with Crippen LogP contribution in [0.25, 0.3) is 0 Å². The number of nitrogens with zero attached hydrogens (tertiary/aromatic N) is 1. The Labute approximate surface area is 151 Å². The number of hydrogen-bond acceptors (Lipinski definition) is 4. The summed E-state index contributed by atoms with van der Waals surface area (Å²) in [6, 6.07) is 10.4. The summed E-state index contributed by atoms with van der Waals surface area (Å²) in [5, 5.41) is 17.6. The molecule has 1 amide bonds. The topological polar surface area (TPSA) is 84.3 Å². The summed E-state index contributed by atoms with van der Waals surface area (Å²) < 4.78 is 0. The number of carbonyl (C=O) groups excluding carboxylic acids is 1. The van der Waals surface area contributed by atoms with Gasteiger partial charge in [0.05, 0.1) is 11.5 Å². The third-order valence-electron chi connectivity index (χ3n) is 4.11. The molecule has 0 saturated carbocycles. The Morgan fingerprint density at radius 3 is 2.44 bits per heavy atom. The van der Waals surface area contributed by atoms with Gasteiger partial charge >= 0.3 is 0 Å². The van der Waals surface area contributed by atoms with Gasteiger partial charge in [-0.1, -0.05) is 29.8 Å². The van der Waals surface area contributed by atoms with Crippen LogP contribution < -0.4 is 10.6 Å². The second-order valence-electron chi connectivity index (χ2n) is 5.86. The maximum absolute atomic E-state index is 12.2. The monoisotopic (exact) mass is 361 g/mol. The van der Waals surface area contributed by atoms with Crippen LogP contribution in [0.1, 0.15) is 29.7 Å². The highest BCUT2D eigenvalue weighted by Crippen LogP contribution is 2.30. The van der Waals surface area contributed by atoms with Crippen molar-refractivity contribution in [2.45, 2.75) is 26.8 Å². The highest BCUT2D eigenvalue weighted by Gasteiger charge is 2.19. The van der Waals surface area contributed by atoms with Crippen LogP contribution in [0.3, 0.4) is 0 Å². The minimum Gasteiger partial charge on any atom is -0.319 e. The van der Waals surface area contributed by atoms with E-state index in [0.29, 0.717) is 10.6 Å². The summed E-state index contributed by atoms with van der Waals surface area (Å²) in [7, 11) is 0. The number of hydrogen-bond donors (Lipinski definition) is 2. The molecule has 0 aromatic heterocycles. The molecule has 25 heavy (non-hydrogen) atoms. The van der Waals surface area contributed by atoms with Gasteiger partial charge in [0.25, 0.3) is 5.69 Å². The van der Waals surface area contributed by atoms with E-state index in [1.165, 1.54) is 6.07 Å². The van der Waals surface area contributed by atoms with Crippen molar-refractivity contribution >= 4 is 28.9 Å². The van der Waals surface area contributed by atoms with Crippen molar-refractivity contribution in [3.63, 3.8) is 0 Å². The molecule has 2 N–H and O–H groups in total. The van der Waals surface area contributed by atoms with Crippen LogP contribution in [0.5, 0.6) is 0 Å². The van der Waals surface area contributed by atoms with Gasteiger partial charge in [0.2, 0.25) is 5.91 Å². The van der Waals surface area contributed by atoms with Crippen LogP contribution in [0.4, 0.5) is 11.4 Å². The van der Waals surface area contributed by atoms with Crippen LogP contribution >= 0.6 is 11.6 Å². The largest absolute Gasteiger partial charge is 0.319 e. The molecule has 0 fully saturated rings. The molecule has 6 nitrogen and oxygen atoms in total. The SMILES string of the molecule is Cc1ccc([N+](=O)[O-])c(NC(=O)CN[C@H](C)c2ccc(Cl)cc2)c1C. The van der Waals surface area contributed by atoms with E-state index >= 15 is 0 Å². The molecule has 7 heteroatoms. The van der Waals surface area contributed by atoms with Gasteiger partial charge in [0, 0.05) is 17.1 Å². The number of anilines is 1. The number of aryl methyl sites for hydroxylation is 1. The summed E-state index contributed by atoms with van der Waals surface area (Å²) in [5.74, 6) is -0.336. The first kappa shape index (κ1) is 18.9. The summed E-state index contributed by atoms with van der Waals surface area (Å²) in [4.78, 5) is 22.9. The molecule has 2 aromatic carbocycles. The number of halogens is 1. The quantitative estimate of drug-likeness (QED) is 0.597. The molecule has 0 aliphatic heterocycles. The van der Waals surface area contributed by atoms with Gasteiger partial charge in [0.1, 0.15) is 5.69 Å². The molecular weight excluding hydrogens is 342 g/mol. The fraction of sp³-hybridized carbons (Fsp3) is 0.278. The van der Waals surface area contributed by atoms with Crippen molar-refractivity contribution in [3.05, 3.63) is 68.2 Å². The number of rotatable bonds is 6. The first-order valence-electron chi connectivity index (χ1n) is 7.83. The molecule has 0 saturated heterocycles. The molecule has 0 heterocycles. The molecule has 2 rings (SSSR count). The zero-order valence-corrected chi connectivity index (χ0v) is 15.1. The van der Waals surface area contributed by atoms with Crippen LogP contribution in [0.2, 0.25) is 5.02 Å². The van der Waals surface area contributed by atoms with Crippen LogP contribution in [0, 0.1) is 24.0 Å². The molecular formula is C18H20ClN3O3. The zero-order chi connectivity index (χ0) is 18.6. The van der Waals surface area contributed by atoms with Gasteiger partial charge in [-0.3, -0.25) is 14.9 Å². The van der Waals surface area contributed by atoms with Crippen molar-refractivity contribution in [1.82, 2.24) is 5.32 Å². The minimum absolute atomic E-state index is 0.0360. The summed E-state index contributed by atoms with van der Waals surface area (Å²) in [6.45, 7) is 5.56. The smallest absolute Gasteiger partial charge is 0.293 e. The van der Waals surface area contributed by atoms with Crippen molar-refractivity contribution in [2.24, 2.45) is 0 Å². The predicted molar refractivity (Wildman–Crippen MR) is 99.1 cm³/mol. The van der Waals surface area contributed by atoms with Crippen molar-refractivity contribution in [1.29, 1.82) is 0 Å². The van der Waals surface area contributed by atoms with Crippen LogP contribution in [0.15, 0.2) is 36.4 Å². The first-order chi connectivity index (χ1) is 11.8. The lowest BCUT2D eigenvalue weighted by molar-refractivity contribution is -0.384. The van der Waals surface area contributed by atoms with Crippen LogP contribution in [-0.4, -0.2) is 17.4 Å². The molecule has 0 bridgehead atoms. The number of nitro groups is 1. The number of nitrogens with one attached hydrogen (secondary N) is 2. The van der Waals surface area contributed by atoms with Gasteiger partial charge < -0.3 is 10.6 Å². The lowest BCUT2D eigenvalue weighted by atomic mass is 10.1. The van der Waals surface area contributed by atoms with Crippen molar-refractivity contribution in [3.8, 4) is 0 Å². The molecule has 1 atom stereocenters. The first-order valence-corrected chi connectivity index (χ1v) is 8.20. The van der Waals surface area contributed by atoms with E-state index in [9.17, 15) is 14.9 Å². The Balaban J connectivity index is 2.04. The Morgan fingerprint density at radius 1 is 1.20 bits per heavy atom. The standard InChI is InChI=1S/C18H20ClN3O3/c1-11-4-9-16(22(24)25)18(12(11)2)21-17(23)10-20-13(3)14-5-7-15(19)8-6-14/h4-9,13,20H,10H2,1-3H3,(H,21,23)/t13-/m1/s1. The molecule has 2 aromatic rings. The predicted octanol–water partition coefficient (Wildman–Crippen LogP) is 4.15. The molecule has 0 aliphatic rings. The lowest BCUT2D eigenvalue weighted by Gasteiger charge is -2.15. The third kappa shape index (κ3) is 4.78. The van der Waals surface area contributed by atoms with Crippen molar-refractivity contribution in [2.75, 3.05) is 11.9 Å². The normalized spacial score (nSPS) is 11.8. The summed E-state index contributed by atoms with van der Waals surface area (Å²) in [6.07, 6.45) is 0. The number of carbonyl (C=O) groups is 1. The highest BCUT2D eigenvalue weighted by molar-refractivity contribution is 6.30. The van der Waals surface area contributed by atoms with E-state index < -0.39 is 4.92 Å². The van der Waals surface area contributed by atoms with Gasteiger partial charge in [-0.25, -0.2) is 0 Å².